The number of nitriles is 1. The summed E-state index contributed by atoms with van der Waals surface area (Å²) in [6.45, 7) is 2.24. The topological polar surface area (TPSA) is 113 Å². The molecule has 0 bridgehead atoms. The zero-order valence-electron chi connectivity index (χ0n) is 12.0. The van der Waals surface area contributed by atoms with E-state index in [1.807, 2.05) is 6.92 Å². The van der Waals surface area contributed by atoms with E-state index in [-0.39, 0.29) is 5.69 Å². The monoisotopic (exact) mass is 301 g/mol. The lowest BCUT2D eigenvalue weighted by Gasteiger charge is -2.06. The summed E-state index contributed by atoms with van der Waals surface area (Å²) in [5.74, 6) is -2.72. The number of ketones is 1. The summed E-state index contributed by atoms with van der Waals surface area (Å²) in [7, 11) is 0. The van der Waals surface area contributed by atoms with Crippen molar-refractivity contribution in [1.82, 2.24) is 5.32 Å². The Morgan fingerprint density at radius 2 is 2.23 bits per heavy atom. The number of carbonyl (C=O) groups is 2. The average molecular weight is 301 g/mol. The maximum Gasteiger partial charge on any atom is 0.270 e. The Balaban J connectivity index is 2.82. The van der Waals surface area contributed by atoms with Crippen LogP contribution < -0.4 is 5.32 Å². The molecule has 0 aliphatic heterocycles. The van der Waals surface area contributed by atoms with Crippen molar-refractivity contribution in [2.45, 2.75) is 13.3 Å². The summed E-state index contributed by atoms with van der Waals surface area (Å²) in [6, 6.07) is 7.34. The number of nitro groups is 1. The third-order valence-corrected chi connectivity index (χ3v) is 2.75. The molecule has 7 nitrogen and oxygen atoms in total. The summed E-state index contributed by atoms with van der Waals surface area (Å²) in [6.07, 6.45) is 3.12. The molecular formula is C15H15N3O4. The fourth-order valence-electron chi connectivity index (χ4n) is 1.62. The number of nitro benzene ring substituents is 1. The Bertz CT molecular complexity index is 646. The van der Waals surface area contributed by atoms with Crippen LogP contribution in [0.15, 0.2) is 30.3 Å². The smallest absolute Gasteiger partial charge is 0.270 e. The van der Waals surface area contributed by atoms with E-state index in [4.69, 9.17) is 5.26 Å². The third-order valence-electron chi connectivity index (χ3n) is 2.75. The second-order valence-electron chi connectivity index (χ2n) is 4.44. The molecule has 0 aliphatic rings. The first-order valence-corrected chi connectivity index (χ1v) is 6.63. The summed E-state index contributed by atoms with van der Waals surface area (Å²) in [5, 5.41) is 22.1. The van der Waals surface area contributed by atoms with Gasteiger partial charge in [0, 0.05) is 18.7 Å². The molecule has 0 fully saturated rings. The Hall–Kier alpha value is -3.01. The van der Waals surface area contributed by atoms with Crippen LogP contribution in [0.2, 0.25) is 0 Å². The highest BCUT2D eigenvalue weighted by Gasteiger charge is 2.23. The van der Waals surface area contributed by atoms with Crippen LogP contribution in [-0.2, 0) is 9.59 Å². The van der Waals surface area contributed by atoms with Gasteiger partial charge in [0.1, 0.15) is 0 Å². The predicted octanol–water partition coefficient (Wildman–Crippen LogP) is 1.84. The van der Waals surface area contributed by atoms with Crippen molar-refractivity contribution in [2.75, 3.05) is 6.54 Å². The maximum absolute atomic E-state index is 11.9. The molecule has 0 saturated heterocycles. The molecule has 1 aromatic rings. The van der Waals surface area contributed by atoms with Gasteiger partial charge in [0.2, 0.25) is 5.91 Å². The molecule has 22 heavy (non-hydrogen) atoms. The first-order chi connectivity index (χ1) is 10.5. The zero-order valence-corrected chi connectivity index (χ0v) is 12.0. The molecule has 0 heterocycles. The second kappa shape index (κ2) is 8.32. The van der Waals surface area contributed by atoms with Crippen LogP contribution in [0.1, 0.15) is 18.9 Å². The Morgan fingerprint density at radius 1 is 1.50 bits per heavy atom. The standard InChI is InChI=1S/C15H15N3O4/c1-2-8-17-15(20)13(10-16)14(19)7-6-11-4-3-5-12(9-11)18(21)22/h3-7,9,13H,2,8H2,1H3,(H,17,20). The molecule has 0 aliphatic carbocycles. The van der Waals surface area contributed by atoms with Crippen molar-refractivity contribution in [3.63, 3.8) is 0 Å². The largest absolute Gasteiger partial charge is 0.355 e. The lowest BCUT2D eigenvalue weighted by atomic mass is 10.0. The molecular weight excluding hydrogens is 286 g/mol. The highest BCUT2D eigenvalue weighted by Crippen LogP contribution is 2.14. The zero-order chi connectivity index (χ0) is 16.5. The van der Waals surface area contributed by atoms with Gasteiger partial charge >= 0.3 is 0 Å². The Kier molecular flexibility index (Phi) is 6.44. The molecule has 0 aromatic heterocycles. The molecule has 1 aromatic carbocycles. The average Bonchev–Trinajstić information content (AvgIpc) is 2.51. The van der Waals surface area contributed by atoms with Crippen LogP contribution in [0.5, 0.6) is 0 Å². The fourth-order valence-corrected chi connectivity index (χ4v) is 1.62. The maximum atomic E-state index is 11.9. The van der Waals surface area contributed by atoms with Gasteiger partial charge in [-0.1, -0.05) is 25.1 Å². The minimum absolute atomic E-state index is 0.105. The van der Waals surface area contributed by atoms with Crippen molar-refractivity contribution >= 4 is 23.5 Å². The number of carbonyl (C=O) groups excluding carboxylic acids is 2. The van der Waals surface area contributed by atoms with Crippen LogP contribution in [-0.4, -0.2) is 23.2 Å². The van der Waals surface area contributed by atoms with E-state index in [9.17, 15) is 19.7 Å². The summed E-state index contributed by atoms with van der Waals surface area (Å²) in [4.78, 5) is 33.6. The normalized spacial score (nSPS) is 11.6. The van der Waals surface area contributed by atoms with Gasteiger partial charge < -0.3 is 5.32 Å². The van der Waals surface area contributed by atoms with Crippen molar-refractivity contribution in [2.24, 2.45) is 5.92 Å². The molecule has 1 unspecified atom stereocenters. The molecule has 114 valence electrons. The molecule has 1 atom stereocenters. The number of hydrogen-bond acceptors (Lipinski definition) is 5. The van der Waals surface area contributed by atoms with E-state index in [1.165, 1.54) is 24.3 Å². The van der Waals surface area contributed by atoms with Crippen LogP contribution >= 0.6 is 0 Å². The lowest BCUT2D eigenvalue weighted by molar-refractivity contribution is -0.384. The van der Waals surface area contributed by atoms with E-state index in [0.29, 0.717) is 18.5 Å². The van der Waals surface area contributed by atoms with Gasteiger partial charge in [0.15, 0.2) is 11.7 Å². The number of amides is 1. The number of benzene rings is 1. The van der Waals surface area contributed by atoms with Crippen molar-refractivity contribution in [3.8, 4) is 6.07 Å². The summed E-state index contributed by atoms with van der Waals surface area (Å²) >= 11 is 0. The Morgan fingerprint density at radius 3 is 2.82 bits per heavy atom. The van der Waals surface area contributed by atoms with Gasteiger partial charge in [-0.2, -0.15) is 5.26 Å². The van der Waals surface area contributed by atoms with Crippen molar-refractivity contribution in [1.29, 1.82) is 5.26 Å². The van der Waals surface area contributed by atoms with E-state index in [1.54, 1.807) is 12.1 Å². The van der Waals surface area contributed by atoms with E-state index in [2.05, 4.69) is 5.32 Å². The predicted molar refractivity (Wildman–Crippen MR) is 79.5 cm³/mol. The van der Waals surface area contributed by atoms with Crippen molar-refractivity contribution in [3.05, 3.63) is 46.0 Å². The third kappa shape index (κ3) is 4.83. The molecule has 0 saturated carbocycles. The molecule has 1 rings (SSSR count). The number of rotatable bonds is 7. The fraction of sp³-hybridized carbons (Fsp3) is 0.267. The summed E-state index contributed by atoms with van der Waals surface area (Å²) < 4.78 is 0. The molecule has 0 spiro atoms. The first kappa shape index (κ1) is 17.0. The van der Waals surface area contributed by atoms with E-state index in [0.717, 1.165) is 6.08 Å². The van der Waals surface area contributed by atoms with Gasteiger partial charge in [-0.3, -0.25) is 19.7 Å². The second-order valence-corrected chi connectivity index (χ2v) is 4.44. The minimum Gasteiger partial charge on any atom is -0.355 e. The minimum atomic E-state index is -1.42. The van der Waals surface area contributed by atoms with Crippen LogP contribution in [0.4, 0.5) is 5.69 Å². The summed E-state index contributed by atoms with van der Waals surface area (Å²) in [5.41, 5.74) is 0.334. The van der Waals surface area contributed by atoms with E-state index >= 15 is 0 Å². The van der Waals surface area contributed by atoms with Gasteiger partial charge in [0.25, 0.3) is 5.69 Å². The van der Waals surface area contributed by atoms with Gasteiger partial charge in [-0.25, -0.2) is 0 Å². The number of non-ortho nitro benzene ring substituents is 1. The number of allylic oxidation sites excluding steroid dienone is 1. The number of nitrogens with zero attached hydrogens (tertiary/aromatic N) is 2. The lowest BCUT2D eigenvalue weighted by Crippen LogP contribution is -2.34. The van der Waals surface area contributed by atoms with Gasteiger partial charge in [-0.05, 0) is 18.1 Å². The molecule has 7 heteroatoms. The highest BCUT2D eigenvalue weighted by molar-refractivity contribution is 6.10. The van der Waals surface area contributed by atoms with Crippen LogP contribution in [0.3, 0.4) is 0 Å². The SMILES string of the molecule is CCCNC(=O)C(C#N)C(=O)C=Cc1cccc([N+](=O)[O-])c1. The van der Waals surface area contributed by atoms with Crippen LogP contribution in [0, 0.1) is 27.4 Å². The number of nitrogens with one attached hydrogen (secondary N) is 1. The highest BCUT2D eigenvalue weighted by atomic mass is 16.6. The quantitative estimate of drug-likeness (QED) is 0.357. The van der Waals surface area contributed by atoms with Crippen molar-refractivity contribution < 1.29 is 14.5 Å². The Labute approximate surface area is 127 Å². The van der Waals surface area contributed by atoms with Gasteiger partial charge in [-0.15, -0.1) is 0 Å². The first-order valence-electron chi connectivity index (χ1n) is 6.63. The molecule has 1 amide bonds. The van der Waals surface area contributed by atoms with Crippen LogP contribution in [0.25, 0.3) is 6.08 Å². The number of hydrogen-bond donors (Lipinski definition) is 1. The molecule has 1 N–H and O–H groups in total. The molecule has 0 radical (unpaired) electrons. The van der Waals surface area contributed by atoms with Gasteiger partial charge in [0.05, 0.1) is 11.0 Å². The van der Waals surface area contributed by atoms with E-state index < -0.39 is 22.5 Å².